The zero-order valence-electron chi connectivity index (χ0n) is 19.4. The minimum Gasteiger partial charge on any atom is -0.454 e. The molecule has 0 bridgehead atoms. The molecule has 1 fully saturated rings. The lowest BCUT2D eigenvalue weighted by Gasteiger charge is -2.23. The molecule has 0 aliphatic carbocycles. The van der Waals surface area contributed by atoms with E-state index < -0.39 is 0 Å². The van der Waals surface area contributed by atoms with Crippen LogP contribution >= 0.6 is 24.0 Å². The highest BCUT2D eigenvalue weighted by atomic mass is 127. The number of rotatable bonds is 8. The molecule has 1 saturated heterocycles. The van der Waals surface area contributed by atoms with Crippen molar-refractivity contribution >= 4 is 29.9 Å². The van der Waals surface area contributed by atoms with E-state index in [4.69, 9.17) is 23.9 Å². The first-order chi connectivity index (χ1) is 15.7. The third kappa shape index (κ3) is 7.48. The molecule has 2 heterocycles. The number of nitrogens with zero attached hydrogens (tertiary/aromatic N) is 2. The lowest BCUT2D eigenvalue weighted by Crippen LogP contribution is -2.38. The molecule has 7 nitrogen and oxygen atoms in total. The average Bonchev–Trinajstić information content (AvgIpc) is 3.29. The Labute approximate surface area is 213 Å². The maximum absolute atomic E-state index is 6.07. The highest BCUT2D eigenvalue weighted by Crippen LogP contribution is 2.32. The smallest absolute Gasteiger partial charge is 0.231 e. The number of aliphatic imine (C=N–C) groups is 1. The average molecular weight is 567 g/mol. The molecule has 1 N–H and O–H groups in total. The molecule has 8 heteroatoms. The normalized spacial score (nSPS) is 15.8. The predicted molar refractivity (Wildman–Crippen MR) is 139 cm³/mol. The summed E-state index contributed by atoms with van der Waals surface area (Å²) >= 11 is 0. The Morgan fingerprint density at radius 2 is 1.85 bits per heavy atom. The van der Waals surface area contributed by atoms with Crippen molar-refractivity contribution in [1.82, 2.24) is 10.2 Å². The standard InChI is InChI=1S/C25H33N3O4.HI/c1-3-26-25(28(2)16-20-7-8-23-24(14-20)32-18-31-23)27-15-19-5-4-6-21(13-19)17-30-22-9-11-29-12-10-22;/h4-8,13-14,22H,3,9-12,15-18H2,1-2H3,(H,26,27);1H. The van der Waals surface area contributed by atoms with E-state index in [9.17, 15) is 0 Å². The highest BCUT2D eigenvalue weighted by Gasteiger charge is 2.15. The first kappa shape index (κ1) is 25.6. The van der Waals surface area contributed by atoms with Gasteiger partial charge in [-0.15, -0.1) is 24.0 Å². The van der Waals surface area contributed by atoms with Gasteiger partial charge in [0, 0.05) is 33.4 Å². The topological polar surface area (TPSA) is 64.6 Å². The van der Waals surface area contributed by atoms with Gasteiger partial charge in [-0.1, -0.05) is 30.3 Å². The Morgan fingerprint density at radius 3 is 2.67 bits per heavy atom. The fourth-order valence-electron chi connectivity index (χ4n) is 3.90. The van der Waals surface area contributed by atoms with Crippen molar-refractivity contribution in [1.29, 1.82) is 0 Å². The molecule has 33 heavy (non-hydrogen) atoms. The lowest BCUT2D eigenvalue weighted by atomic mass is 10.1. The molecule has 0 unspecified atom stereocenters. The fourth-order valence-corrected chi connectivity index (χ4v) is 3.90. The van der Waals surface area contributed by atoms with E-state index in [1.54, 1.807) is 0 Å². The molecule has 4 rings (SSSR count). The summed E-state index contributed by atoms with van der Waals surface area (Å²) in [6.45, 7) is 6.74. The minimum absolute atomic E-state index is 0. The van der Waals surface area contributed by atoms with Gasteiger partial charge in [0.1, 0.15) is 0 Å². The molecular weight excluding hydrogens is 533 g/mol. The van der Waals surface area contributed by atoms with Crippen molar-refractivity contribution in [3.05, 3.63) is 59.2 Å². The van der Waals surface area contributed by atoms with E-state index in [1.807, 2.05) is 19.2 Å². The molecule has 180 valence electrons. The summed E-state index contributed by atoms with van der Waals surface area (Å²) in [6.07, 6.45) is 2.26. The molecule has 2 aromatic carbocycles. The van der Waals surface area contributed by atoms with Crippen molar-refractivity contribution in [2.75, 3.05) is 33.6 Å². The molecule has 0 atom stereocenters. The van der Waals surface area contributed by atoms with Gasteiger partial charge in [0.05, 0.1) is 19.3 Å². The molecule has 0 saturated carbocycles. The van der Waals surface area contributed by atoms with Crippen LogP contribution in [0, 0.1) is 0 Å². The Bertz CT molecular complexity index is 918. The van der Waals surface area contributed by atoms with Gasteiger partial charge in [-0.25, -0.2) is 4.99 Å². The summed E-state index contributed by atoms with van der Waals surface area (Å²) in [7, 11) is 2.05. The van der Waals surface area contributed by atoms with E-state index in [1.165, 1.54) is 11.1 Å². The van der Waals surface area contributed by atoms with Crippen LogP contribution in [0.2, 0.25) is 0 Å². The Balaban J connectivity index is 0.00000306. The number of guanidine groups is 1. The zero-order chi connectivity index (χ0) is 22.2. The van der Waals surface area contributed by atoms with Crippen molar-refractivity contribution in [2.45, 2.75) is 45.6 Å². The fraction of sp³-hybridized carbons (Fsp3) is 0.480. The molecule has 0 spiro atoms. The largest absolute Gasteiger partial charge is 0.454 e. The highest BCUT2D eigenvalue weighted by molar-refractivity contribution is 14.0. The second kappa shape index (κ2) is 13.0. The molecule has 2 aliphatic rings. The Hall–Kier alpha value is -2.04. The van der Waals surface area contributed by atoms with Gasteiger partial charge < -0.3 is 29.2 Å². The number of ether oxygens (including phenoxy) is 4. The molecular formula is C25H34IN3O4. The van der Waals surface area contributed by atoms with Crippen molar-refractivity contribution in [2.24, 2.45) is 4.99 Å². The Morgan fingerprint density at radius 1 is 1.06 bits per heavy atom. The van der Waals surface area contributed by atoms with Crippen LogP contribution < -0.4 is 14.8 Å². The lowest BCUT2D eigenvalue weighted by molar-refractivity contribution is -0.0390. The van der Waals surface area contributed by atoms with E-state index >= 15 is 0 Å². The van der Waals surface area contributed by atoms with Crippen LogP contribution in [0.4, 0.5) is 0 Å². The summed E-state index contributed by atoms with van der Waals surface area (Å²) < 4.78 is 22.4. The van der Waals surface area contributed by atoms with Gasteiger partial charge in [-0.3, -0.25) is 0 Å². The first-order valence-corrected chi connectivity index (χ1v) is 11.4. The van der Waals surface area contributed by atoms with Crippen LogP contribution in [-0.4, -0.2) is 50.6 Å². The summed E-state index contributed by atoms with van der Waals surface area (Å²) in [5.41, 5.74) is 3.50. The third-order valence-electron chi connectivity index (χ3n) is 5.61. The molecule has 0 radical (unpaired) electrons. The van der Waals surface area contributed by atoms with Crippen LogP contribution in [-0.2, 0) is 29.2 Å². The quantitative estimate of drug-likeness (QED) is 0.291. The summed E-state index contributed by atoms with van der Waals surface area (Å²) in [5, 5.41) is 3.39. The molecule has 2 aliphatic heterocycles. The summed E-state index contributed by atoms with van der Waals surface area (Å²) in [5.74, 6) is 2.48. The van der Waals surface area contributed by atoms with Crippen LogP contribution in [0.1, 0.15) is 36.5 Å². The Kier molecular flexibility index (Phi) is 10.1. The van der Waals surface area contributed by atoms with E-state index in [0.29, 0.717) is 19.3 Å². The van der Waals surface area contributed by atoms with Crippen LogP contribution in [0.25, 0.3) is 0 Å². The number of benzene rings is 2. The van der Waals surface area contributed by atoms with Gasteiger partial charge in [0.2, 0.25) is 6.79 Å². The minimum atomic E-state index is 0. The number of halogens is 1. The second-order valence-electron chi connectivity index (χ2n) is 8.16. The summed E-state index contributed by atoms with van der Waals surface area (Å²) in [4.78, 5) is 6.99. The van der Waals surface area contributed by atoms with Gasteiger partial charge in [0.15, 0.2) is 17.5 Å². The van der Waals surface area contributed by atoms with Gasteiger partial charge in [0.25, 0.3) is 0 Å². The predicted octanol–water partition coefficient (Wildman–Crippen LogP) is 4.33. The van der Waals surface area contributed by atoms with E-state index in [2.05, 4.69) is 47.5 Å². The monoisotopic (exact) mass is 567 g/mol. The molecule has 0 aromatic heterocycles. The number of hydrogen-bond acceptors (Lipinski definition) is 5. The van der Waals surface area contributed by atoms with Gasteiger partial charge >= 0.3 is 0 Å². The summed E-state index contributed by atoms with van der Waals surface area (Å²) in [6, 6.07) is 14.6. The van der Waals surface area contributed by atoms with Crippen molar-refractivity contribution < 1.29 is 18.9 Å². The van der Waals surface area contributed by atoms with Gasteiger partial charge in [-0.05, 0) is 48.6 Å². The van der Waals surface area contributed by atoms with Gasteiger partial charge in [-0.2, -0.15) is 0 Å². The zero-order valence-corrected chi connectivity index (χ0v) is 21.7. The van der Waals surface area contributed by atoms with Crippen LogP contribution in [0.5, 0.6) is 11.5 Å². The number of hydrogen-bond donors (Lipinski definition) is 1. The second-order valence-corrected chi connectivity index (χ2v) is 8.16. The van der Waals surface area contributed by atoms with Crippen LogP contribution in [0.3, 0.4) is 0 Å². The van der Waals surface area contributed by atoms with Crippen LogP contribution in [0.15, 0.2) is 47.5 Å². The number of fused-ring (bicyclic) bond motifs is 1. The first-order valence-electron chi connectivity index (χ1n) is 11.4. The molecule has 0 amide bonds. The maximum atomic E-state index is 6.07. The number of nitrogens with one attached hydrogen (secondary N) is 1. The molecule has 2 aromatic rings. The van der Waals surface area contributed by atoms with Crippen molar-refractivity contribution in [3.63, 3.8) is 0 Å². The van der Waals surface area contributed by atoms with E-state index in [-0.39, 0.29) is 30.8 Å². The van der Waals surface area contributed by atoms with Crippen molar-refractivity contribution in [3.8, 4) is 11.5 Å². The third-order valence-corrected chi connectivity index (χ3v) is 5.61. The SMILES string of the molecule is CCNC(=NCc1cccc(COC2CCOCC2)c1)N(C)Cc1ccc2c(c1)OCO2.I. The van der Waals surface area contributed by atoms with E-state index in [0.717, 1.165) is 62.2 Å². The maximum Gasteiger partial charge on any atom is 0.231 e.